The standard InChI is InChI=1S/C32H60O10/c1-3-5-7-9-11-12-13-15-17-19-21-28(35)41-25(23-39-27(34)20-18-16-14-10-8-6-4-2)24-40-32-31(38)30(37)29(36)26(22-33)42-32/h25-26,29-33,36-38H,3-24H2,1-2H3/t25-,26+,29+,30+,31+,32-/m1/s1. The quantitative estimate of drug-likeness (QED) is 0.0807. The molecule has 0 aromatic heterocycles. The SMILES string of the molecule is CCCCCCCCCCCCC(=O)O[C@H](COC(=O)CCCCCCCCC)CO[C@@H]1O[C@@H](CO)[C@H](O)[C@H](O)[C@@H]1O. The summed E-state index contributed by atoms with van der Waals surface area (Å²) in [5, 5.41) is 39.6. The molecular weight excluding hydrogens is 544 g/mol. The van der Waals surface area contributed by atoms with Gasteiger partial charge in [-0.2, -0.15) is 0 Å². The Bertz CT molecular complexity index is 674. The van der Waals surface area contributed by atoms with Crippen molar-refractivity contribution in [1.29, 1.82) is 0 Å². The molecule has 0 unspecified atom stereocenters. The van der Waals surface area contributed by atoms with Crippen LogP contribution in [0.25, 0.3) is 0 Å². The molecule has 1 aliphatic heterocycles. The van der Waals surface area contributed by atoms with Crippen LogP contribution in [0.5, 0.6) is 0 Å². The zero-order chi connectivity index (χ0) is 31.0. The second kappa shape index (κ2) is 25.1. The molecule has 0 aliphatic carbocycles. The maximum absolute atomic E-state index is 12.6. The second-order valence-corrected chi connectivity index (χ2v) is 11.6. The highest BCUT2D eigenvalue weighted by Crippen LogP contribution is 2.22. The third-order valence-corrected chi connectivity index (χ3v) is 7.74. The third-order valence-electron chi connectivity index (χ3n) is 7.74. The molecule has 1 saturated heterocycles. The van der Waals surface area contributed by atoms with Gasteiger partial charge in [0.1, 0.15) is 31.0 Å². The van der Waals surface area contributed by atoms with Gasteiger partial charge < -0.3 is 39.4 Å². The molecule has 42 heavy (non-hydrogen) atoms. The highest BCUT2D eigenvalue weighted by molar-refractivity contribution is 5.70. The number of ether oxygens (including phenoxy) is 4. The number of carbonyl (C=O) groups is 2. The van der Waals surface area contributed by atoms with Gasteiger partial charge in [-0.25, -0.2) is 0 Å². The lowest BCUT2D eigenvalue weighted by Gasteiger charge is -2.39. The van der Waals surface area contributed by atoms with E-state index in [9.17, 15) is 30.0 Å². The number of rotatable bonds is 26. The van der Waals surface area contributed by atoms with Gasteiger partial charge in [-0.05, 0) is 12.8 Å². The first-order chi connectivity index (χ1) is 20.3. The highest BCUT2D eigenvalue weighted by atomic mass is 16.7. The Hall–Kier alpha value is -1.30. The number of hydrogen-bond acceptors (Lipinski definition) is 10. The predicted octanol–water partition coefficient (Wildman–Crippen LogP) is 4.71. The minimum atomic E-state index is -1.59. The lowest BCUT2D eigenvalue weighted by molar-refractivity contribution is -0.305. The van der Waals surface area contributed by atoms with E-state index in [4.69, 9.17) is 18.9 Å². The number of carbonyl (C=O) groups excluding carboxylic acids is 2. The molecule has 1 aliphatic rings. The highest BCUT2D eigenvalue weighted by Gasteiger charge is 2.44. The molecule has 0 aromatic carbocycles. The van der Waals surface area contributed by atoms with Crippen LogP contribution in [0.4, 0.5) is 0 Å². The van der Waals surface area contributed by atoms with Gasteiger partial charge in [0.05, 0.1) is 13.2 Å². The van der Waals surface area contributed by atoms with Crippen LogP contribution in [0.15, 0.2) is 0 Å². The summed E-state index contributed by atoms with van der Waals surface area (Å²) in [6.45, 7) is 3.32. The molecule has 1 fully saturated rings. The van der Waals surface area contributed by atoms with E-state index in [2.05, 4.69) is 13.8 Å². The third kappa shape index (κ3) is 17.7. The van der Waals surface area contributed by atoms with Crippen LogP contribution in [0, 0.1) is 0 Å². The van der Waals surface area contributed by atoms with Gasteiger partial charge in [-0.3, -0.25) is 9.59 Å². The van der Waals surface area contributed by atoms with E-state index in [0.29, 0.717) is 6.42 Å². The fourth-order valence-corrected chi connectivity index (χ4v) is 5.01. The van der Waals surface area contributed by atoms with Crippen molar-refractivity contribution in [2.75, 3.05) is 19.8 Å². The second-order valence-electron chi connectivity index (χ2n) is 11.6. The zero-order valence-corrected chi connectivity index (χ0v) is 26.3. The van der Waals surface area contributed by atoms with E-state index in [1.54, 1.807) is 0 Å². The molecule has 10 nitrogen and oxygen atoms in total. The number of hydrogen-bond donors (Lipinski definition) is 4. The van der Waals surface area contributed by atoms with Crippen molar-refractivity contribution >= 4 is 11.9 Å². The molecule has 6 atom stereocenters. The van der Waals surface area contributed by atoms with Gasteiger partial charge in [0.25, 0.3) is 0 Å². The van der Waals surface area contributed by atoms with Crippen molar-refractivity contribution < 1.29 is 49.0 Å². The summed E-state index contributed by atoms with van der Waals surface area (Å²) in [7, 11) is 0. The molecule has 0 radical (unpaired) electrons. The first-order valence-electron chi connectivity index (χ1n) is 16.6. The van der Waals surface area contributed by atoms with Crippen molar-refractivity contribution in [2.24, 2.45) is 0 Å². The fraction of sp³-hybridized carbons (Fsp3) is 0.938. The van der Waals surface area contributed by atoms with E-state index >= 15 is 0 Å². The van der Waals surface area contributed by atoms with Crippen LogP contribution in [-0.2, 0) is 28.5 Å². The Morgan fingerprint density at radius 2 is 1.12 bits per heavy atom. The summed E-state index contributed by atoms with van der Waals surface area (Å²) in [6, 6.07) is 0. The van der Waals surface area contributed by atoms with Crippen molar-refractivity contribution in [2.45, 2.75) is 173 Å². The molecule has 0 spiro atoms. The van der Waals surface area contributed by atoms with Crippen molar-refractivity contribution in [3.05, 3.63) is 0 Å². The summed E-state index contributed by atoms with van der Waals surface area (Å²) in [5.74, 6) is -0.813. The Morgan fingerprint density at radius 1 is 0.643 bits per heavy atom. The maximum Gasteiger partial charge on any atom is 0.306 e. The van der Waals surface area contributed by atoms with Crippen LogP contribution in [-0.4, -0.2) is 89.0 Å². The molecule has 1 heterocycles. The maximum atomic E-state index is 12.6. The summed E-state index contributed by atoms with van der Waals surface area (Å²) >= 11 is 0. The summed E-state index contributed by atoms with van der Waals surface area (Å²) in [5.41, 5.74) is 0. The van der Waals surface area contributed by atoms with E-state index in [-0.39, 0.29) is 32.0 Å². The van der Waals surface area contributed by atoms with Gasteiger partial charge in [0.15, 0.2) is 12.4 Å². The average molecular weight is 605 g/mol. The lowest BCUT2D eigenvalue weighted by atomic mass is 9.99. The van der Waals surface area contributed by atoms with Gasteiger partial charge in [-0.15, -0.1) is 0 Å². The van der Waals surface area contributed by atoms with Crippen LogP contribution >= 0.6 is 0 Å². The largest absolute Gasteiger partial charge is 0.462 e. The van der Waals surface area contributed by atoms with Crippen molar-refractivity contribution in [1.82, 2.24) is 0 Å². The van der Waals surface area contributed by atoms with Crippen molar-refractivity contribution in [3.63, 3.8) is 0 Å². The summed E-state index contributed by atoms with van der Waals surface area (Å²) in [4.78, 5) is 24.9. The number of aliphatic hydroxyl groups excluding tert-OH is 4. The zero-order valence-electron chi connectivity index (χ0n) is 26.3. The Morgan fingerprint density at radius 3 is 1.62 bits per heavy atom. The van der Waals surface area contributed by atoms with Gasteiger partial charge in [0.2, 0.25) is 0 Å². The van der Waals surface area contributed by atoms with Gasteiger partial charge in [-0.1, -0.05) is 110 Å². The Balaban J connectivity index is 2.47. The Kier molecular flexibility index (Phi) is 23.1. The van der Waals surface area contributed by atoms with Gasteiger partial charge in [0, 0.05) is 12.8 Å². The van der Waals surface area contributed by atoms with E-state index < -0.39 is 49.4 Å². The van der Waals surface area contributed by atoms with Crippen LogP contribution < -0.4 is 0 Å². The molecule has 0 bridgehead atoms. The Labute approximate surface area is 253 Å². The minimum Gasteiger partial charge on any atom is -0.462 e. The molecule has 1 rings (SSSR count). The smallest absolute Gasteiger partial charge is 0.306 e. The summed E-state index contributed by atoms with van der Waals surface area (Å²) < 4.78 is 21.9. The molecule has 248 valence electrons. The first kappa shape index (κ1) is 38.7. The minimum absolute atomic E-state index is 0.212. The average Bonchev–Trinajstić information content (AvgIpc) is 2.98. The van der Waals surface area contributed by atoms with Gasteiger partial charge >= 0.3 is 11.9 Å². The number of aliphatic hydroxyl groups is 4. The molecule has 0 aromatic rings. The van der Waals surface area contributed by atoms with Crippen molar-refractivity contribution in [3.8, 4) is 0 Å². The molecule has 10 heteroatoms. The molecule has 0 saturated carbocycles. The van der Waals surface area contributed by atoms with E-state index in [1.807, 2.05) is 0 Å². The number of esters is 2. The molecule has 0 amide bonds. The molecular formula is C32H60O10. The monoisotopic (exact) mass is 604 g/mol. The van der Waals surface area contributed by atoms with Crippen LogP contribution in [0.3, 0.4) is 0 Å². The lowest BCUT2D eigenvalue weighted by Crippen LogP contribution is -2.59. The van der Waals surface area contributed by atoms with E-state index in [1.165, 1.54) is 57.8 Å². The number of unbranched alkanes of at least 4 members (excludes halogenated alkanes) is 15. The first-order valence-corrected chi connectivity index (χ1v) is 16.6. The predicted molar refractivity (Wildman–Crippen MR) is 160 cm³/mol. The normalized spacial score (nSPS) is 23.0. The van der Waals surface area contributed by atoms with E-state index in [0.717, 1.165) is 44.9 Å². The summed E-state index contributed by atoms with van der Waals surface area (Å²) in [6.07, 6.45) is 11.5. The van der Waals surface area contributed by atoms with Crippen LogP contribution in [0.2, 0.25) is 0 Å². The topological polar surface area (TPSA) is 152 Å². The molecule has 4 N–H and O–H groups in total. The van der Waals surface area contributed by atoms with Crippen LogP contribution in [0.1, 0.15) is 136 Å². The fourth-order valence-electron chi connectivity index (χ4n) is 5.01.